The van der Waals surface area contributed by atoms with Gasteiger partial charge in [0.1, 0.15) is 10.9 Å². The number of hydrogen-bond acceptors (Lipinski definition) is 5. The predicted octanol–water partition coefficient (Wildman–Crippen LogP) is 2.35. The molecule has 0 atom stereocenters. The van der Waals surface area contributed by atoms with Gasteiger partial charge in [-0.1, -0.05) is 13.8 Å². The number of anilines is 2. The van der Waals surface area contributed by atoms with Gasteiger partial charge in [-0.15, -0.1) is 11.3 Å². The molecule has 5 heteroatoms. The van der Waals surface area contributed by atoms with Gasteiger partial charge in [0.15, 0.2) is 0 Å². The summed E-state index contributed by atoms with van der Waals surface area (Å²) in [7, 11) is 0. The lowest BCUT2D eigenvalue weighted by molar-refractivity contribution is 0.303. The summed E-state index contributed by atoms with van der Waals surface area (Å²) in [4.78, 5) is 2.99. The fourth-order valence-corrected chi connectivity index (χ4v) is 2.44. The molecule has 0 saturated heterocycles. The van der Waals surface area contributed by atoms with Gasteiger partial charge in [0, 0.05) is 6.54 Å². The summed E-state index contributed by atoms with van der Waals surface area (Å²) in [5.74, 6) is 0. The van der Waals surface area contributed by atoms with E-state index < -0.39 is 0 Å². The Morgan fingerprint density at radius 3 is 2.71 bits per heavy atom. The van der Waals surface area contributed by atoms with Crippen LogP contribution in [0.15, 0.2) is 6.07 Å². The average molecular weight is 252 g/mol. The molecule has 1 aromatic heterocycles. The SMILES string of the molecule is CCN(CC)CCCNc1cc(N)c(C#N)s1. The van der Waals surface area contributed by atoms with E-state index in [0.29, 0.717) is 10.6 Å². The topological polar surface area (TPSA) is 65.1 Å². The maximum absolute atomic E-state index is 8.79. The van der Waals surface area contributed by atoms with Crippen molar-refractivity contribution < 1.29 is 0 Å². The molecule has 0 radical (unpaired) electrons. The summed E-state index contributed by atoms with van der Waals surface area (Å²) >= 11 is 1.42. The lowest BCUT2D eigenvalue weighted by atomic mass is 10.3. The highest BCUT2D eigenvalue weighted by Gasteiger charge is 2.05. The van der Waals surface area contributed by atoms with Crippen molar-refractivity contribution in [1.29, 1.82) is 5.26 Å². The van der Waals surface area contributed by atoms with Crippen LogP contribution in [0, 0.1) is 11.3 Å². The van der Waals surface area contributed by atoms with Crippen molar-refractivity contribution >= 4 is 22.0 Å². The third kappa shape index (κ3) is 4.25. The fraction of sp³-hybridized carbons (Fsp3) is 0.583. The zero-order chi connectivity index (χ0) is 12.7. The zero-order valence-corrected chi connectivity index (χ0v) is 11.3. The molecular formula is C12H20N4S. The number of thiophene rings is 1. The summed E-state index contributed by atoms with van der Waals surface area (Å²) in [5, 5.41) is 13.1. The van der Waals surface area contributed by atoms with Gasteiger partial charge in [0.25, 0.3) is 0 Å². The van der Waals surface area contributed by atoms with Crippen molar-refractivity contribution in [3.05, 3.63) is 10.9 Å². The van der Waals surface area contributed by atoms with Crippen molar-refractivity contribution in [3.8, 4) is 6.07 Å². The molecule has 0 aliphatic heterocycles. The van der Waals surface area contributed by atoms with Gasteiger partial charge < -0.3 is 16.0 Å². The standard InChI is InChI=1S/C12H20N4S/c1-3-16(4-2)7-5-6-15-12-8-10(14)11(9-13)17-12/h8,15H,3-7,14H2,1-2H3. The highest BCUT2D eigenvalue weighted by Crippen LogP contribution is 2.27. The second kappa shape index (κ2) is 7.15. The first kappa shape index (κ1) is 13.8. The smallest absolute Gasteiger partial charge is 0.129 e. The minimum Gasteiger partial charge on any atom is -0.397 e. The van der Waals surface area contributed by atoms with E-state index in [-0.39, 0.29) is 0 Å². The normalized spacial score (nSPS) is 10.5. The number of nitrogen functional groups attached to an aromatic ring is 1. The van der Waals surface area contributed by atoms with Crippen LogP contribution < -0.4 is 11.1 Å². The van der Waals surface area contributed by atoms with Gasteiger partial charge in [-0.3, -0.25) is 0 Å². The van der Waals surface area contributed by atoms with E-state index in [1.54, 1.807) is 0 Å². The van der Waals surface area contributed by atoms with E-state index in [4.69, 9.17) is 11.0 Å². The Morgan fingerprint density at radius 1 is 1.47 bits per heavy atom. The maximum atomic E-state index is 8.79. The lowest BCUT2D eigenvalue weighted by Crippen LogP contribution is -2.25. The van der Waals surface area contributed by atoms with Crippen LogP contribution in [0.5, 0.6) is 0 Å². The monoisotopic (exact) mass is 252 g/mol. The Hall–Kier alpha value is -1.25. The minimum absolute atomic E-state index is 0.573. The molecule has 0 aliphatic rings. The van der Waals surface area contributed by atoms with Crippen molar-refractivity contribution in [2.24, 2.45) is 0 Å². The largest absolute Gasteiger partial charge is 0.397 e. The van der Waals surface area contributed by atoms with Crippen LogP contribution in [0.4, 0.5) is 10.7 Å². The Balaban J connectivity index is 2.29. The Kier molecular flexibility index (Phi) is 5.81. The van der Waals surface area contributed by atoms with Gasteiger partial charge in [-0.2, -0.15) is 5.26 Å². The Bertz CT molecular complexity index is 376. The second-order valence-corrected chi connectivity index (χ2v) is 4.87. The van der Waals surface area contributed by atoms with Crippen LogP contribution in [0.1, 0.15) is 25.1 Å². The first-order chi connectivity index (χ1) is 8.21. The molecule has 1 rings (SSSR count). The van der Waals surface area contributed by atoms with Gasteiger partial charge >= 0.3 is 0 Å². The van der Waals surface area contributed by atoms with Crippen molar-refractivity contribution in [2.45, 2.75) is 20.3 Å². The molecule has 0 amide bonds. The molecule has 3 N–H and O–H groups in total. The zero-order valence-electron chi connectivity index (χ0n) is 10.5. The highest BCUT2D eigenvalue weighted by molar-refractivity contribution is 7.17. The lowest BCUT2D eigenvalue weighted by Gasteiger charge is -2.17. The Labute approximate surface area is 107 Å². The van der Waals surface area contributed by atoms with Crippen LogP contribution in [0.2, 0.25) is 0 Å². The molecule has 0 bridgehead atoms. The van der Waals surface area contributed by atoms with E-state index in [1.807, 2.05) is 6.07 Å². The van der Waals surface area contributed by atoms with Crippen LogP contribution in [0.25, 0.3) is 0 Å². The van der Waals surface area contributed by atoms with Crippen molar-refractivity contribution in [3.63, 3.8) is 0 Å². The van der Waals surface area contributed by atoms with Gasteiger partial charge in [0.05, 0.1) is 10.7 Å². The van der Waals surface area contributed by atoms with E-state index in [9.17, 15) is 0 Å². The van der Waals surface area contributed by atoms with E-state index in [2.05, 4.69) is 30.1 Å². The molecule has 4 nitrogen and oxygen atoms in total. The van der Waals surface area contributed by atoms with Crippen LogP contribution in [-0.2, 0) is 0 Å². The number of nitrogens with one attached hydrogen (secondary N) is 1. The summed E-state index contributed by atoms with van der Waals surface area (Å²) in [6.07, 6.45) is 1.10. The number of rotatable bonds is 7. The molecule has 0 aliphatic carbocycles. The van der Waals surface area contributed by atoms with Crippen molar-refractivity contribution in [2.75, 3.05) is 37.2 Å². The van der Waals surface area contributed by atoms with Crippen LogP contribution in [0.3, 0.4) is 0 Å². The second-order valence-electron chi connectivity index (χ2n) is 3.81. The summed E-state index contributed by atoms with van der Waals surface area (Å²) in [6.45, 7) is 8.57. The first-order valence-corrected chi connectivity index (χ1v) is 6.78. The van der Waals surface area contributed by atoms with E-state index in [1.165, 1.54) is 11.3 Å². The predicted molar refractivity (Wildman–Crippen MR) is 74.3 cm³/mol. The molecule has 1 heterocycles. The molecule has 0 fully saturated rings. The van der Waals surface area contributed by atoms with Crippen molar-refractivity contribution in [1.82, 2.24) is 4.90 Å². The third-order valence-electron chi connectivity index (χ3n) is 2.71. The highest BCUT2D eigenvalue weighted by atomic mass is 32.1. The first-order valence-electron chi connectivity index (χ1n) is 5.96. The van der Waals surface area contributed by atoms with Crippen LogP contribution in [-0.4, -0.2) is 31.1 Å². The maximum Gasteiger partial charge on any atom is 0.129 e. The Morgan fingerprint density at radius 2 is 2.18 bits per heavy atom. The summed E-state index contributed by atoms with van der Waals surface area (Å²) < 4.78 is 0. The fourth-order valence-electron chi connectivity index (χ4n) is 1.63. The van der Waals surface area contributed by atoms with Gasteiger partial charge in [0.2, 0.25) is 0 Å². The molecule has 0 aromatic carbocycles. The molecule has 0 spiro atoms. The molecule has 1 aromatic rings. The van der Waals surface area contributed by atoms with E-state index in [0.717, 1.165) is 37.6 Å². The number of nitrogens with zero attached hydrogens (tertiary/aromatic N) is 2. The summed E-state index contributed by atoms with van der Waals surface area (Å²) in [5.41, 5.74) is 6.26. The van der Waals surface area contributed by atoms with Gasteiger partial charge in [-0.05, 0) is 32.1 Å². The molecule has 94 valence electrons. The van der Waals surface area contributed by atoms with Gasteiger partial charge in [-0.25, -0.2) is 0 Å². The third-order valence-corrected chi connectivity index (χ3v) is 3.72. The molecule has 0 saturated carbocycles. The minimum atomic E-state index is 0.573. The van der Waals surface area contributed by atoms with Crippen LogP contribution >= 0.6 is 11.3 Å². The van der Waals surface area contributed by atoms with E-state index >= 15 is 0 Å². The molecule has 17 heavy (non-hydrogen) atoms. The number of nitriles is 1. The molecular weight excluding hydrogens is 232 g/mol. The average Bonchev–Trinajstić information content (AvgIpc) is 2.70. The summed E-state index contributed by atoms with van der Waals surface area (Å²) in [6, 6.07) is 3.92. The number of nitrogens with two attached hydrogens (primary N) is 1. The number of hydrogen-bond donors (Lipinski definition) is 2. The quantitative estimate of drug-likeness (QED) is 0.731. The molecule has 0 unspecified atom stereocenters.